The quantitative estimate of drug-likeness (QED) is 0.864. The summed E-state index contributed by atoms with van der Waals surface area (Å²) in [7, 11) is 1.73. The number of nitrogens with one attached hydrogen (secondary N) is 1. The van der Waals surface area contributed by atoms with Crippen molar-refractivity contribution >= 4 is 0 Å². The van der Waals surface area contributed by atoms with Crippen LogP contribution in [0.5, 0.6) is 5.75 Å². The molecule has 1 atom stereocenters. The Morgan fingerprint density at radius 1 is 1.21 bits per heavy atom. The molecule has 0 saturated heterocycles. The second-order valence-corrected chi connectivity index (χ2v) is 6.73. The first-order valence-electron chi connectivity index (χ1n) is 7.23. The van der Waals surface area contributed by atoms with Crippen LogP contribution in [0.3, 0.4) is 0 Å². The molecule has 1 N–H and O–H groups in total. The second kappa shape index (κ2) is 4.82. The molecule has 0 aromatic heterocycles. The third-order valence-electron chi connectivity index (χ3n) is 5.34. The Hall–Kier alpha value is -1.02. The van der Waals surface area contributed by atoms with Crippen LogP contribution < -0.4 is 10.1 Å². The van der Waals surface area contributed by atoms with Crippen LogP contribution >= 0.6 is 0 Å². The highest BCUT2D eigenvalue weighted by atomic mass is 16.5. The van der Waals surface area contributed by atoms with Crippen molar-refractivity contribution in [1.29, 1.82) is 0 Å². The van der Waals surface area contributed by atoms with Crippen molar-refractivity contribution in [1.82, 2.24) is 5.32 Å². The first kappa shape index (κ1) is 14.4. The van der Waals surface area contributed by atoms with Crippen LogP contribution in [0.25, 0.3) is 0 Å². The molecule has 0 heterocycles. The third kappa shape index (κ3) is 2.27. The van der Waals surface area contributed by atoms with E-state index >= 15 is 0 Å². The van der Waals surface area contributed by atoms with E-state index in [2.05, 4.69) is 58.1 Å². The molecular weight excluding hydrogens is 234 g/mol. The van der Waals surface area contributed by atoms with Gasteiger partial charge in [0.15, 0.2) is 0 Å². The molecule has 0 radical (unpaired) electrons. The highest BCUT2D eigenvalue weighted by molar-refractivity contribution is 5.34. The van der Waals surface area contributed by atoms with Gasteiger partial charge in [-0.25, -0.2) is 0 Å². The minimum Gasteiger partial charge on any atom is -0.497 e. The first-order chi connectivity index (χ1) is 8.86. The molecule has 1 aromatic carbocycles. The van der Waals surface area contributed by atoms with Crippen LogP contribution in [0.1, 0.15) is 46.2 Å². The lowest BCUT2D eigenvalue weighted by atomic mass is 9.96. The minimum atomic E-state index is 0.378. The van der Waals surface area contributed by atoms with Crippen molar-refractivity contribution < 1.29 is 4.74 Å². The summed E-state index contributed by atoms with van der Waals surface area (Å²) >= 11 is 0. The summed E-state index contributed by atoms with van der Waals surface area (Å²) in [5, 5.41) is 3.67. The number of ether oxygens (including phenoxy) is 1. The fourth-order valence-corrected chi connectivity index (χ4v) is 3.56. The van der Waals surface area contributed by atoms with Crippen molar-refractivity contribution in [3.8, 4) is 5.75 Å². The van der Waals surface area contributed by atoms with Gasteiger partial charge in [-0.15, -0.1) is 0 Å². The van der Waals surface area contributed by atoms with Crippen molar-refractivity contribution in [2.24, 2.45) is 16.7 Å². The molecular formula is C17H27NO. The lowest BCUT2D eigenvalue weighted by Gasteiger charge is -2.21. The molecule has 1 fully saturated rings. The normalized spacial score (nSPS) is 22.0. The van der Waals surface area contributed by atoms with Crippen molar-refractivity contribution in [3.63, 3.8) is 0 Å². The van der Waals surface area contributed by atoms with Crippen LogP contribution in [0.15, 0.2) is 24.3 Å². The van der Waals surface area contributed by atoms with Gasteiger partial charge in [0.2, 0.25) is 0 Å². The average Bonchev–Trinajstić information content (AvgIpc) is 2.77. The topological polar surface area (TPSA) is 21.3 Å². The number of rotatable bonds is 5. The van der Waals surface area contributed by atoms with E-state index in [1.165, 1.54) is 5.56 Å². The maximum Gasteiger partial charge on any atom is 0.119 e. The predicted molar refractivity (Wildman–Crippen MR) is 80.5 cm³/mol. The van der Waals surface area contributed by atoms with E-state index in [0.29, 0.717) is 22.8 Å². The number of benzene rings is 1. The van der Waals surface area contributed by atoms with Gasteiger partial charge in [0.1, 0.15) is 5.75 Å². The first-order valence-corrected chi connectivity index (χ1v) is 7.23. The van der Waals surface area contributed by atoms with Crippen LogP contribution in [-0.4, -0.2) is 13.7 Å². The Labute approximate surface area is 117 Å². The molecule has 1 aromatic rings. The van der Waals surface area contributed by atoms with E-state index in [4.69, 9.17) is 4.74 Å². The molecule has 0 aliphatic heterocycles. The maximum atomic E-state index is 5.36. The fourth-order valence-electron chi connectivity index (χ4n) is 3.56. The van der Waals surface area contributed by atoms with E-state index in [1.54, 1.807) is 7.11 Å². The van der Waals surface area contributed by atoms with Gasteiger partial charge in [0.25, 0.3) is 0 Å². The average molecular weight is 261 g/mol. The Bertz CT molecular complexity index is 436. The van der Waals surface area contributed by atoms with Crippen molar-refractivity contribution in [2.45, 2.75) is 40.7 Å². The van der Waals surface area contributed by atoms with Crippen molar-refractivity contribution in [2.75, 3.05) is 13.7 Å². The van der Waals surface area contributed by atoms with Gasteiger partial charge < -0.3 is 10.1 Å². The van der Waals surface area contributed by atoms with Gasteiger partial charge in [-0.1, -0.05) is 46.8 Å². The molecule has 2 nitrogen and oxygen atoms in total. The molecule has 106 valence electrons. The molecule has 1 aliphatic rings. The lowest BCUT2D eigenvalue weighted by molar-refractivity contribution is 0.402. The standard InChI is InChI=1S/C17H27NO/c1-7-18-14(15-16(2,3)17(15,4)5)12-9-8-10-13(11-12)19-6/h8-11,14-15,18H,7H2,1-6H3. The SMILES string of the molecule is CCNC(c1cccc(OC)c1)C1C(C)(C)C1(C)C. The Kier molecular flexibility index (Phi) is 3.65. The van der Waals surface area contributed by atoms with Crippen LogP contribution in [-0.2, 0) is 0 Å². The Balaban J connectivity index is 2.31. The molecule has 0 amide bonds. The number of hydrogen-bond donors (Lipinski definition) is 1. The fraction of sp³-hybridized carbons (Fsp3) is 0.647. The molecule has 0 spiro atoms. The summed E-state index contributed by atoms with van der Waals surface area (Å²) in [5.41, 5.74) is 2.09. The molecule has 1 saturated carbocycles. The zero-order valence-electron chi connectivity index (χ0n) is 13.1. The number of hydrogen-bond acceptors (Lipinski definition) is 2. The molecule has 1 aliphatic carbocycles. The summed E-state index contributed by atoms with van der Waals surface area (Å²) in [6.07, 6.45) is 0. The molecule has 2 heteroatoms. The highest BCUT2D eigenvalue weighted by Crippen LogP contribution is 2.72. The third-order valence-corrected chi connectivity index (χ3v) is 5.34. The summed E-state index contributed by atoms with van der Waals surface area (Å²) in [4.78, 5) is 0. The maximum absolute atomic E-state index is 5.36. The Morgan fingerprint density at radius 3 is 2.32 bits per heavy atom. The van der Waals surface area contributed by atoms with E-state index in [0.717, 1.165) is 12.3 Å². The second-order valence-electron chi connectivity index (χ2n) is 6.73. The molecule has 19 heavy (non-hydrogen) atoms. The zero-order valence-corrected chi connectivity index (χ0v) is 13.1. The van der Waals surface area contributed by atoms with Gasteiger partial charge in [0, 0.05) is 6.04 Å². The van der Waals surface area contributed by atoms with E-state index in [9.17, 15) is 0 Å². The van der Waals surface area contributed by atoms with E-state index in [1.807, 2.05) is 6.07 Å². The van der Waals surface area contributed by atoms with E-state index in [-0.39, 0.29) is 0 Å². The van der Waals surface area contributed by atoms with Crippen LogP contribution in [0, 0.1) is 16.7 Å². The number of methoxy groups -OCH3 is 1. The summed E-state index contributed by atoms with van der Waals surface area (Å²) < 4.78 is 5.36. The zero-order chi connectivity index (χ0) is 14.3. The molecule has 1 unspecified atom stereocenters. The monoisotopic (exact) mass is 261 g/mol. The van der Waals surface area contributed by atoms with Gasteiger partial charge >= 0.3 is 0 Å². The highest BCUT2D eigenvalue weighted by Gasteiger charge is 2.67. The molecule has 2 rings (SSSR count). The van der Waals surface area contributed by atoms with Crippen LogP contribution in [0.4, 0.5) is 0 Å². The van der Waals surface area contributed by atoms with Gasteiger partial charge in [0.05, 0.1) is 7.11 Å². The van der Waals surface area contributed by atoms with Crippen LogP contribution in [0.2, 0.25) is 0 Å². The smallest absolute Gasteiger partial charge is 0.119 e. The lowest BCUT2D eigenvalue weighted by Crippen LogP contribution is -2.25. The predicted octanol–water partition coefficient (Wildman–Crippen LogP) is 4.03. The summed E-state index contributed by atoms with van der Waals surface area (Å²) in [6, 6.07) is 8.87. The minimum absolute atomic E-state index is 0.378. The van der Waals surface area contributed by atoms with Gasteiger partial charge in [-0.3, -0.25) is 0 Å². The van der Waals surface area contributed by atoms with Crippen molar-refractivity contribution in [3.05, 3.63) is 29.8 Å². The summed E-state index contributed by atoms with van der Waals surface area (Å²) in [6.45, 7) is 12.7. The van der Waals surface area contributed by atoms with Gasteiger partial charge in [-0.05, 0) is 41.0 Å². The Morgan fingerprint density at radius 2 is 1.84 bits per heavy atom. The van der Waals surface area contributed by atoms with Gasteiger partial charge in [-0.2, -0.15) is 0 Å². The molecule has 0 bridgehead atoms. The largest absolute Gasteiger partial charge is 0.497 e. The van der Waals surface area contributed by atoms with E-state index < -0.39 is 0 Å². The summed E-state index contributed by atoms with van der Waals surface area (Å²) in [5.74, 6) is 1.60.